The minimum absolute atomic E-state index is 0.139. The third-order valence-electron chi connectivity index (χ3n) is 3.45. The van der Waals surface area contributed by atoms with E-state index < -0.39 is 5.97 Å². The predicted molar refractivity (Wildman–Crippen MR) is 78.2 cm³/mol. The van der Waals surface area contributed by atoms with Crippen LogP contribution in [0.15, 0.2) is 23.0 Å². The number of unbranched alkanes of at least 4 members (excludes halogenated alkanes) is 1. The molecular weight excluding hydrogens is 256 g/mol. The average Bonchev–Trinajstić information content (AvgIpc) is 2.70. The third-order valence-corrected chi connectivity index (χ3v) is 3.45. The number of fused-ring (bicyclic) bond motifs is 1. The van der Waals surface area contributed by atoms with Crippen molar-refractivity contribution in [1.82, 2.24) is 9.55 Å². The summed E-state index contributed by atoms with van der Waals surface area (Å²) < 4.78 is 1.63. The number of benzene rings is 1. The zero-order valence-electron chi connectivity index (χ0n) is 11.8. The van der Waals surface area contributed by atoms with E-state index in [0.29, 0.717) is 23.5 Å². The zero-order valence-corrected chi connectivity index (χ0v) is 11.8. The van der Waals surface area contributed by atoms with Gasteiger partial charge in [-0.25, -0.2) is 9.59 Å². The maximum absolute atomic E-state index is 12.0. The Balaban J connectivity index is 2.26. The number of para-hydroxylation sites is 1. The van der Waals surface area contributed by atoms with Crippen molar-refractivity contribution in [2.24, 2.45) is 5.92 Å². The van der Waals surface area contributed by atoms with Gasteiger partial charge in [0.05, 0.1) is 16.6 Å². The Labute approximate surface area is 117 Å². The van der Waals surface area contributed by atoms with Crippen molar-refractivity contribution in [3.63, 3.8) is 0 Å². The van der Waals surface area contributed by atoms with E-state index in [4.69, 9.17) is 5.11 Å². The summed E-state index contributed by atoms with van der Waals surface area (Å²) in [6.45, 7) is 4.97. The van der Waals surface area contributed by atoms with Gasteiger partial charge in [-0.2, -0.15) is 0 Å². The number of carbonyl (C=O) groups is 1. The molecule has 1 aromatic heterocycles. The molecule has 0 atom stereocenters. The van der Waals surface area contributed by atoms with Crippen LogP contribution < -0.4 is 5.69 Å². The molecule has 0 saturated carbocycles. The summed E-state index contributed by atoms with van der Waals surface area (Å²) in [6.07, 6.45) is 3.12. The number of imidazole rings is 1. The lowest BCUT2D eigenvalue weighted by atomic mass is 10.1. The number of hydrogen-bond donors (Lipinski definition) is 2. The molecule has 5 heteroatoms. The molecule has 2 aromatic rings. The van der Waals surface area contributed by atoms with Crippen molar-refractivity contribution in [2.75, 3.05) is 0 Å². The Bertz CT molecular complexity index is 667. The van der Waals surface area contributed by atoms with Crippen LogP contribution in [0.1, 0.15) is 43.5 Å². The summed E-state index contributed by atoms with van der Waals surface area (Å²) in [5.41, 5.74) is 0.979. The monoisotopic (exact) mass is 276 g/mol. The molecule has 0 bridgehead atoms. The molecule has 20 heavy (non-hydrogen) atoms. The van der Waals surface area contributed by atoms with Gasteiger partial charge in [0.15, 0.2) is 0 Å². The van der Waals surface area contributed by atoms with E-state index in [-0.39, 0.29) is 11.3 Å². The number of aromatic carboxylic acids is 1. The van der Waals surface area contributed by atoms with Crippen LogP contribution in [0.5, 0.6) is 0 Å². The van der Waals surface area contributed by atoms with Crippen LogP contribution in [-0.2, 0) is 6.54 Å². The lowest BCUT2D eigenvalue weighted by Gasteiger charge is -2.06. The first-order valence-corrected chi connectivity index (χ1v) is 6.95. The van der Waals surface area contributed by atoms with Crippen molar-refractivity contribution < 1.29 is 9.90 Å². The number of H-pyrrole nitrogens is 1. The Morgan fingerprint density at radius 1 is 1.35 bits per heavy atom. The largest absolute Gasteiger partial charge is 0.478 e. The predicted octanol–water partition coefficient (Wildman–Crippen LogP) is 2.85. The minimum atomic E-state index is -1.02. The number of aryl methyl sites for hydroxylation is 1. The van der Waals surface area contributed by atoms with Gasteiger partial charge >= 0.3 is 11.7 Å². The van der Waals surface area contributed by atoms with E-state index in [1.165, 1.54) is 6.07 Å². The minimum Gasteiger partial charge on any atom is -0.478 e. The van der Waals surface area contributed by atoms with Gasteiger partial charge in [-0.15, -0.1) is 0 Å². The van der Waals surface area contributed by atoms with E-state index >= 15 is 0 Å². The molecule has 1 aromatic carbocycles. The highest BCUT2D eigenvalue weighted by Gasteiger charge is 2.13. The summed E-state index contributed by atoms with van der Waals surface area (Å²) in [5, 5.41) is 9.13. The van der Waals surface area contributed by atoms with E-state index in [9.17, 15) is 9.59 Å². The lowest BCUT2D eigenvalue weighted by molar-refractivity contribution is 0.0699. The number of carboxylic acids is 1. The zero-order chi connectivity index (χ0) is 14.7. The fraction of sp³-hybridized carbons (Fsp3) is 0.467. The van der Waals surface area contributed by atoms with Crippen molar-refractivity contribution >= 4 is 17.0 Å². The van der Waals surface area contributed by atoms with Gasteiger partial charge in [-0.3, -0.25) is 4.57 Å². The van der Waals surface area contributed by atoms with Crippen molar-refractivity contribution in [3.05, 3.63) is 34.2 Å². The van der Waals surface area contributed by atoms with Crippen LogP contribution in [0, 0.1) is 5.92 Å². The van der Waals surface area contributed by atoms with Crippen LogP contribution in [0.25, 0.3) is 11.0 Å². The molecule has 1 heterocycles. The van der Waals surface area contributed by atoms with Crippen molar-refractivity contribution in [2.45, 2.75) is 39.7 Å². The summed E-state index contributed by atoms with van der Waals surface area (Å²) in [4.78, 5) is 25.7. The van der Waals surface area contributed by atoms with Crippen molar-refractivity contribution in [1.29, 1.82) is 0 Å². The SMILES string of the molecule is CC(C)CCCCn1c(=O)[nH]c2c(C(=O)O)cccc21. The molecule has 0 unspecified atom stereocenters. The summed E-state index contributed by atoms with van der Waals surface area (Å²) in [5.74, 6) is -0.364. The second-order valence-electron chi connectivity index (χ2n) is 5.48. The lowest BCUT2D eigenvalue weighted by Crippen LogP contribution is -2.16. The quantitative estimate of drug-likeness (QED) is 0.797. The molecule has 5 nitrogen and oxygen atoms in total. The smallest absolute Gasteiger partial charge is 0.337 e. The Morgan fingerprint density at radius 3 is 2.75 bits per heavy atom. The normalized spacial score (nSPS) is 11.3. The van der Waals surface area contributed by atoms with E-state index in [1.807, 2.05) is 0 Å². The van der Waals surface area contributed by atoms with Crippen LogP contribution in [0.4, 0.5) is 0 Å². The maximum Gasteiger partial charge on any atom is 0.337 e. The van der Waals surface area contributed by atoms with Gasteiger partial charge in [-0.05, 0) is 24.5 Å². The highest BCUT2D eigenvalue weighted by atomic mass is 16.4. The summed E-state index contributed by atoms with van der Waals surface area (Å²) in [7, 11) is 0. The van der Waals surface area contributed by atoms with Crippen LogP contribution >= 0.6 is 0 Å². The van der Waals surface area contributed by atoms with Crippen molar-refractivity contribution in [3.8, 4) is 0 Å². The Hall–Kier alpha value is -2.04. The third kappa shape index (κ3) is 2.92. The molecule has 0 fully saturated rings. The van der Waals surface area contributed by atoms with E-state index in [1.54, 1.807) is 16.7 Å². The number of nitrogens with zero attached hydrogens (tertiary/aromatic N) is 1. The van der Waals surface area contributed by atoms with Crippen LogP contribution in [0.3, 0.4) is 0 Å². The topological polar surface area (TPSA) is 75.1 Å². The highest BCUT2D eigenvalue weighted by Crippen LogP contribution is 2.16. The number of carboxylic acid groups (broad SMARTS) is 1. The van der Waals surface area contributed by atoms with Gasteiger partial charge in [0, 0.05) is 6.54 Å². The molecule has 0 saturated heterocycles. The molecule has 0 aliphatic carbocycles. The molecular formula is C15H20N2O3. The molecule has 0 radical (unpaired) electrons. The molecule has 0 amide bonds. The van der Waals surface area contributed by atoms with Gasteiger partial charge in [-0.1, -0.05) is 32.8 Å². The second-order valence-corrected chi connectivity index (χ2v) is 5.48. The molecule has 0 spiro atoms. The fourth-order valence-electron chi connectivity index (χ4n) is 2.40. The van der Waals surface area contributed by atoms with E-state index in [2.05, 4.69) is 18.8 Å². The summed E-state index contributed by atoms with van der Waals surface area (Å²) in [6, 6.07) is 4.95. The average molecular weight is 276 g/mol. The van der Waals surface area contributed by atoms with Gasteiger partial charge < -0.3 is 10.1 Å². The second kappa shape index (κ2) is 5.94. The molecule has 0 aliphatic rings. The number of aromatic amines is 1. The van der Waals surface area contributed by atoms with Crippen LogP contribution in [-0.4, -0.2) is 20.6 Å². The Kier molecular flexibility index (Phi) is 4.27. The molecule has 2 rings (SSSR count). The maximum atomic E-state index is 12.0. The summed E-state index contributed by atoms with van der Waals surface area (Å²) >= 11 is 0. The van der Waals surface area contributed by atoms with Gasteiger partial charge in [0.1, 0.15) is 0 Å². The molecule has 0 aliphatic heterocycles. The molecule has 2 N–H and O–H groups in total. The van der Waals surface area contributed by atoms with Crippen LogP contribution in [0.2, 0.25) is 0 Å². The Morgan fingerprint density at radius 2 is 2.10 bits per heavy atom. The first-order chi connectivity index (χ1) is 9.50. The number of aromatic nitrogens is 2. The van der Waals surface area contributed by atoms with Gasteiger partial charge in [0.2, 0.25) is 0 Å². The number of nitrogens with one attached hydrogen (secondary N) is 1. The fourth-order valence-corrected chi connectivity index (χ4v) is 2.40. The molecule has 108 valence electrons. The number of hydrogen-bond acceptors (Lipinski definition) is 2. The first kappa shape index (κ1) is 14.4. The first-order valence-electron chi connectivity index (χ1n) is 6.95. The standard InChI is InChI=1S/C15H20N2O3/c1-10(2)6-3-4-9-17-12-8-5-7-11(14(18)19)13(12)16-15(17)20/h5,7-8,10H,3-4,6,9H2,1-2H3,(H,16,20)(H,18,19). The highest BCUT2D eigenvalue weighted by molar-refractivity contribution is 6.00. The van der Waals surface area contributed by atoms with Gasteiger partial charge in [0.25, 0.3) is 0 Å². The van der Waals surface area contributed by atoms with E-state index in [0.717, 1.165) is 19.3 Å². The number of rotatable bonds is 6.